The Morgan fingerprint density at radius 1 is 0.256 bits per heavy atom. The molecule has 0 heterocycles. The maximum Gasteiger partial charge on any atom is 0.306 e. The molecule has 0 amide bonds. The molecule has 0 saturated heterocycles. The molecule has 0 N–H and O–H groups in total. The molecule has 0 bridgehead atoms. The number of ether oxygens (including phenoxy) is 3. The average Bonchev–Trinajstić information content (AvgIpc) is 3.48. The van der Waals surface area contributed by atoms with E-state index in [9.17, 15) is 14.4 Å². The number of esters is 3. The number of hydrogen-bond acceptors (Lipinski definition) is 6. The molecule has 1 atom stereocenters. The van der Waals surface area contributed by atoms with Crippen molar-refractivity contribution in [2.45, 2.75) is 406 Å². The highest BCUT2D eigenvalue weighted by Crippen LogP contribution is 2.19. The van der Waals surface area contributed by atoms with E-state index in [-0.39, 0.29) is 31.1 Å². The van der Waals surface area contributed by atoms with E-state index in [2.05, 4.69) is 69.4 Å². The lowest BCUT2D eigenvalue weighted by Crippen LogP contribution is -2.30. The van der Waals surface area contributed by atoms with Crippen LogP contribution in [-0.2, 0) is 28.6 Å². The van der Waals surface area contributed by atoms with Crippen molar-refractivity contribution in [2.24, 2.45) is 0 Å². The lowest BCUT2D eigenvalue weighted by atomic mass is 10.0. The molecule has 0 aromatic heterocycles. The number of carbonyl (C=O) groups excluding carboxylic acids is 3. The van der Waals surface area contributed by atoms with Crippen molar-refractivity contribution in [3.05, 3.63) is 48.6 Å². The summed E-state index contributed by atoms with van der Waals surface area (Å²) < 4.78 is 16.9. The van der Waals surface area contributed by atoms with E-state index in [4.69, 9.17) is 14.2 Å². The highest BCUT2D eigenvalue weighted by Gasteiger charge is 2.19. The molecular formula is C76H140O6. The molecule has 0 aromatic carbocycles. The number of unbranched alkanes of at least 4 members (excludes halogenated alkanes) is 49. The highest BCUT2D eigenvalue weighted by atomic mass is 16.6. The van der Waals surface area contributed by atoms with E-state index >= 15 is 0 Å². The minimum Gasteiger partial charge on any atom is -0.462 e. The first-order valence-electron chi connectivity index (χ1n) is 36.6. The molecule has 0 rings (SSSR count). The monoisotopic (exact) mass is 1150 g/mol. The summed E-state index contributed by atoms with van der Waals surface area (Å²) in [4.78, 5) is 38.3. The van der Waals surface area contributed by atoms with E-state index < -0.39 is 6.10 Å². The molecule has 0 aliphatic rings. The van der Waals surface area contributed by atoms with Gasteiger partial charge in [0.1, 0.15) is 13.2 Å². The van der Waals surface area contributed by atoms with Crippen LogP contribution >= 0.6 is 0 Å². The summed E-state index contributed by atoms with van der Waals surface area (Å²) in [5.41, 5.74) is 0. The molecule has 480 valence electrons. The quantitative estimate of drug-likeness (QED) is 0.0261. The van der Waals surface area contributed by atoms with Crippen molar-refractivity contribution in [2.75, 3.05) is 13.2 Å². The first kappa shape index (κ1) is 79.4. The van der Waals surface area contributed by atoms with Crippen molar-refractivity contribution in [3.63, 3.8) is 0 Å². The molecule has 0 aromatic rings. The van der Waals surface area contributed by atoms with Gasteiger partial charge in [0.25, 0.3) is 0 Å². The predicted molar refractivity (Wildman–Crippen MR) is 358 cm³/mol. The average molecular weight is 1150 g/mol. The first-order chi connectivity index (χ1) is 40.5. The van der Waals surface area contributed by atoms with E-state index in [0.29, 0.717) is 19.3 Å². The van der Waals surface area contributed by atoms with Gasteiger partial charge in [-0.3, -0.25) is 14.4 Å². The fraction of sp³-hybridized carbons (Fsp3) is 0.855. The molecular weight excluding hydrogens is 1010 g/mol. The van der Waals surface area contributed by atoms with Crippen molar-refractivity contribution in [1.82, 2.24) is 0 Å². The molecule has 0 aliphatic heterocycles. The zero-order valence-corrected chi connectivity index (χ0v) is 55.3. The zero-order valence-electron chi connectivity index (χ0n) is 55.3. The third-order valence-corrected chi connectivity index (χ3v) is 16.6. The highest BCUT2D eigenvalue weighted by molar-refractivity contribution is 5.71. The van der Waals surface area contributed by atoms with Gasteiger partial charge in [0.05, 0.1) is 0 Å². The Kier molecular flexibility index (Phi) is 68.6. The Labute approximate surface area is 511 Å². The van der Waals surface area contributed by atoms with Crippen LogP contribution in [0.2, 0.25) is 0 Å². The Morgan fingerprint density at radius 3 is 0.744 bits per heavy atom. The predicted octanol–water partition coefficient (Wildman–Crippen LogP) is 25.3. The minimum atomic E-state index is -0.769. The molecule has 0 saturated carbocycles. The van der Waals surface area contributed by atoms with Gasteiger partial charge in [0.2, 0.25) is 0 Å². The molecule has 0 fully saturated rings. The van der Waals surface area contributed by atoms with Crippen molar-refractivity contribution in [1.29, 1.82) is 0 Å². The van der Waals surface area contributed by atoms with Crippen molar-refractivity contribution in [3.8, 4) is 0 Å². The summed E-state index contributed by atoms with van der Waals surface area (Å²) >= 11 is 0. The number of rotatable bonds is 68. The van der Waals surface area contributed by atoms with Crippen LogP contribution in [-0.4, -0.2) is 37.2 Å². The number of carbonyl (C=O) groups is 3. The summed E-state index contributed by atoms with van der Waals surface area (Å²) in [7, 11) is 0. The van der Waals surface area contributed by atoms with Crippen LogP contribution in [0.25, 0.3) is 0 Å². The first-order valence-corrected chi connectivity index (χ1v) is 36.6. The zero-order chi connectivity index (χ0) is 59.2. The smallest absolute Gasteiger partial charge is 0.306 e. The number of hydrogen-bond donors (Lipinski definition) is 0. The van der Waals surface area contributed by atoms with Gasteiger partial charge >= 0.3 is 17.9 Å². The molecule has 6 nitrogen and oxygen atoms in total. The third-order valence-electron chi connectivity index (χ3n) is 16.6. The lowest BCUT2D eigenvalue weighted by molar-refractivity contribution is -0.167. The van der Waals surface area contributed by atoms with Crippen LogP contribution in [0.1, 0.15) is 400 Å². The summed E-state index contributed by atoms with van der Waals surface area (Å²) in [5, 5.41) is 0. The normalized spacial score (nSPS) is 12.3. The summed E-state index contributed by atoms with van der Waals surface area (Å²) in [6, 6.07) is 0. The van der Waals surface area contributed by atoms with Crippen LogP contribution < -0.4 is 0 Å². The van der Waals surface area contributed by atoms with Gasteiger partial charge in [0.15, 0.2) is 6.10 Å². The summed E-state index contributed by atoms with van der Waals surface area (Å²) in [5.74, 6) is -0.845. The van der Waals surface area contributed by atoms with E-state index in [0.717, 1.165) is 83.5 Å². The largest absolute Gasteiger partial charge is 0.462 e. The fourth-order valence-corrected chi connectivity index (χ4v) is 11.1. The van der Waals surface area contributed by atoms with E-state index in [1.807, 2.05) is 0 Å². The second kappa shape index (κ2) is 70.9. The van der Waals surface area contributed by atoms with Gasteiger partial charge in [-0.15, -0.1) is 0 Å². The van der Waals surface area contributed by atoms with Crippen molar-refractivity contribution < 1.29 is 28.6 Å². The van der Waals surface area contributed by atoms with Gasteiger partial charge in [-0.2, -0.15) is 0 Å². The Bertz CT molecular complexity index is 1410. The van der Waals surface area contributed by atoms with Gasteiger partial charge in [0, 0.05) is 19.3 Å². The van der Waals surface area contributed by atoms with Crippen LogP contribution in [0.4, 0.5) is 0 Å². The van der Waals surface area contributed by atoms with Crippen LogP contribution in [0.3, 0.4) is 0 Å². The minimum absolute atomic E-state index is 0.0670. The van der Waals surface area contributed by atoms with Crippen LogP contribution in [0, 0.1) is 0 Å². The number of allylic oxidation sites excluding steroid dienone is 8. The summed E-state index contributed by atoms with van der Waals surface area (Å²) in [6.07, 6.45) is 90.4. The van der Waals surface area contributed by atoms with Gasteiger partial charge in [-0.25, -0.2) is 0 Å². The van der Waals surface area contributed by atoms with Gasteiger partial charge in [-0.05, 0) is 57.8 Å². The Morgan fingerprint density at radius 2 is 0.476 bits per heavy atom. The third kappa shape index (κ3) is 68.2. The van der Waals surface area contributed by atoms with Crippen molar-refractivity contribution >= 4 is 17.9 Å². The molecule has 6 heteroatoms. The second-order valence-corrected chi connectivity index (χ2v) is 24.8. The SMILES string of the molecule is CC/C=C\C/C=C\C/C=C\C/C=C\CCCCCCCCCCCCCCCCC(=O)OC(COC(=O)CCCCCCCCCC)COC(=O)CCCCCCCCCCCCCCCCCCCCCCCCCCCCCCC. The molecule has 0 aliphatic carbocycles. The lowest BCUT2D eigenvalue weighted by Gasteiger charge is -2.18. The van der Waals surface area contributed by atoms with Crippen LogP contribution in [0.5, 0.6) is 0 Å². The van der Waals surface area contributed by atoms with E-state index in [1.54, 1.807) is 0 Å². The molecule has 82 heavy (non-hydrogen) atoms. The van der Waals surface area contributed by atoms with E-state index in [1.165, 1.54) is 276 Å². The summed E-state index contributed by atoms with van der Waals surface area (Å²) in [6.45, 7) is 6.57. The maximum atomic E-state index is 12.9. The molecule has 0 spiro atoms. The molecule has 1 unspecified atom stereocenters. The molecule has 0 radical (unpaired) electrons. The standard InChI is InChI=1S/C76H140O6/c1-4-7-10-13-16-19-21-23-25-27-29-31-33-35-37-38-40-41-43-45-47-49-51-53-55-57-60-63-66-69-75(78)81-72-73(71-80-74(77)68-65-62-59-18-15-12-9-6-3)82-76(79)70-67-64-61-58-56-54-52-50-48-46-44-42-39-36-34-32-30-28-26-24-22-20-17-14-11-8-5-2/h8,11,17,20,24,26,30,32,73H,4-7,9-10,12-16,18-19,21-23,25,27-29,31,33-72H2,1-3H3/b11-8-,20-17-,26-24-,32-30-. The topological polar surface area (TPSA) is 78.9 Å². The second-order valence-electron chi connectivity index (χ2n) is 24.8. The van der Waals surface area contributed by atoms with Gasteiger partial charge < -0.3 is 14.2 Å². The Hall–Kier alpha value is -2.63. The fourth-order valence-electron chi connectivity index (χ4n) is 11.1. The maximum absolute atomic E-state index is 12.9. The van der Waals surface area contributed by atoms with Crippen LogP contribution in [0.15, 0.2) is 48.6 Å². The van der Waals surface area contributed by atoms with Gasteiger partial charge in [-0.1, -0.05) is 371 Å². The Balaban J connectivity index is 4.04.